The zero-order valence-electron chi connectivity index (χ0n) is 11.2. The number of amides is 1. The standard InChI is InChI=1S/C13H18N2O3S/c1-3-15(11-7-8-19(17,18)9-11)13(16)12-6-4-5-10(2)14-12/h4-6,11H,3,7-9H2,1-2H3. The minimum atomic E-state index is -2.99. The van der Waals surface area contributed by atoms with Crippen molar-refractivity contribution in [2.75, 3.05) is 18.1 Å². The van der Waals surface area contributed by atoms with Gasteiger partial charge in [-0.2, -0.15) is 0 Å². The molecule has 2 heterocycles. The molecule has 0 bridgehead atoms. The maximum absolute atomic E-state index is 12.4. The van der Waals surface area contributed by atoms with Crippen molar-refractivity contribution in [3.05, 3.63) is 29.6 Å². The van der Waals surface area contributed by atoms with Crippen LogP contribution in [0, 0.1) is 6.92 Å². The van der Waals surface area contributed by atoms with Crippen molar-refractivity contribution in [3.8, 4) is 0 Å². The van der Waals surface area contributed by atoms with Gasteiger partial charge in [0, 0.05) is 18.3 Å². The minimum Gasteiger partial charge on any atom is -0.334 e. The Labute approximate surface area is 113 Å². The Morgan fingerprint density at radius 3 is 2.74 bits per heavy atom. The summed E-state index contributed by atoms with van der Waals surface area (Å²) in [5.74, 6) is 0.0504. The highest BCUT2D eigenvalue weighted by Gasteiger charge is 2.34. The summed E-state index contributed by atoms with van der Waals surface area (Å²) < 4.78 is 23.0. The van der Waals surface area contributed by atoms with Gasteiger partial charge in [-0.3, -0.25) is 4.79 Å². The molecule has 0 N–H and O–H groups in total. The topological polar surface area (TPSA) is 67.3 Å². The zero-order valence-corrected chi connectivity index (χ0v) is 12.0. The van der Waals surface area contributed by atoms with E-state index in [1.165, 1.54) is 0 Å². The Morgan fingerprint density at radius 1 is 1.47 bits per heavy atom. The van der Waals surface area contributed by atoms with E-state index in [2.05, 4.69) is 4.98 Å². The van der Waals surface area contributed by atoms with Crippen LogP contribution in [0.5, 0.6) is 0 Å². The van der Waals surface area contributed by atoms with Crippen LogP contribution >= 0.6 is 0 Å². The fraction of sp³-hybridized carbons (Fsp3) is 0.538. The molecule has 6 heteroatoms. The van der Waals surface area contributed by atoms with Gasteiger partial charge in [0.15, 0.2) is 9.84 Å². The van der Waals surface area contributed by atoms with Crippen LogP contribution in [0.2, 0.25) is 0 Å². The molecule has 1 saturated heterocycles. The Kier molecular flexibility index (Phi) is 3.89. The van der Waals surface area contributed by atoms with Crippen molar-refractivity contribution < 1.29 is 13.2 Å². The first-order valence-corrected chi connectivity index (χ1v) is 8.20. The van der Waals surface area contributed by atoms with Crippen LogP contribution in [0.1, 0.15) is 29.5 Å². The molecule has 1 unspecified atom stereocenters. The number of pyridine rings is 1. The third-order valence-electron chi connectivity index (χ3n) is 3.36. The fourth-order valence-electron chi connectivity index (χ4n) is 2.40. The summed E-state index contributed by atoms with van der Waals surface area (Å²) in [7, 11) is -2.99. The quantitative estimate of drug-likeness (QED) is 0.830. The predicted octanol–water partition coefficient (Wildman–Crippen LogP) is 1.04. The van der Waals surface area contributed by atoms with Crippen molar-refractivity contribution in [2.24, 2.45) is 0 Å². The normalized spacial score (nSPS) is 21.3. The molecule has 0 aromatic carbocycles. The van der Waals surface area contributed by atoms with E-state index in [0.29, 0.717) is 18.7 Å². The number of hydrogen-bond acceptors (Lipinski definition) is 4. The Morgan fingerprint density at radius 2 is 2.21 bits per heavy atom. The van der Waals surface area contributed by atoms with Gasteiger partial charge in [-0.1, -0.05) is 6.07 Å². The average Bonchev–Trinajstić information content (AvgIpc) is 2.70. The van der Waals surface area contributed by atoms with E-state index < -0.39 is 9.84 Å². The molecule has 0 radical (unpaired) electrons. The SMILES string of the molecule is CCN(C(=O)c1cccc(C)n1)C1CCS(=O)(=O)C1. The maximum atomic E-state index is 12.4. The molecule has 1 aromatic heterocycles. The van der Waals surface area contributed by atoms with Gasteiger partial charge in [0.1, 0.15) is 5.69 Å². The molecular weight excluding hydrogens is 264 g/mol. The number of sulfone groups is 1. The van der Waals surface area contributed by atoms with E-state index in [4.69, 9.17) is 0 Å². The molecule has 2 rings (SSSR count). The molecule has 0 spiro atoms. The number of aryl methyl sites for hydroxylation is 1. The van der Waals surface area contributed by atoms with E-state index in [0.717, 1.165) is 5.69 Å². The van der Waals surface area contributed by atoms with Gasteiger partial charge >= 0.3 is 0 Å². The monoisotopic (exact) mass is 282 g/mol. The Balaban J connectivity index is 2.21. The number of hydrogen-bond donors (Lipinski definition) is 0. The lowest BCUT2D eigenvalue weighted by Crippen LogP contribution is -2.41. The molecule has 0 saturated carbocycles. The molecule has 1 aliphatic rings. The second kappa shape index (κ2) is 5.28. The van der Waals surface area contributed by atoms with Crippen LogP contribution in [-0.4, -0.2) is 48.3 Å². The van der Waals surface area contributed by atoms with Gasteiger partial charge in [0.2, 0.25) is 0 Å². The summed E-state index contributed by atoms with van der Waals surface area (Å²) in [5.41, 5.74) is 1.16. The van der Waals surface area contributed by atoms with Crippen molar-refractivity contribution in [1.29, 1.82) is 0 Å². The summed E-state index contributed by atoms with van der Waals surface area (Å²) >= 11 is 0. The van der Waals surface area contributed by atoms with Crippen LogP contribution in [0.3, 0.4) is 0 Å². The number of nitrogens with zero attached hydrogens (tertiary/aromatic N) is 2. The average molecular weight is 282 g/mol. The molecular formula is C13H18N2O3S. The van der Waals surface area contributed by atoms with Crippen molar-refractivity contribution >= 4 is 15.7 Å². The molecule has 1 aliphatic heterocycles. The summed E-state index contributed by atoms with van der Waals surface area (Å²) in [5, 5.41) is 0. The van der Waals surface area contributed by atoms with Crippen LogP contribution in [0.25, 0.3) is 0 Å². The molecule has 1 atom stereocenters. The molecule has 1 amide bonds. The van der Waals surface area contributed by atoms with Crippen molar-refractivity contribution in [1.82, 2.24) is 9.88 Å². The van der Waals surface area contributed by atoms with Crippen LogP contribution in [-0.2, 0) is 9.84 Å². The number of rotatable bonds is 3. The second-order valence-corrected chi connectivity index (χ2v) is 7.04. The Bertz CT molecular complexity index is 583. The van der Waals surface area contributed by atoms with Gasteiger partial charge in [-0.15, -0.1) is 0 Å². The highest BCUT2D eigenvalue weighted by molar-refractivity contribution is 7.91. The fourth-order valence-corrected chi connectivity index (χ4v) is 4.13. The van der Waals surface area contributed by atoms with Gasteiger partial charge in [0.05, 0.1) is 11.5 Å². The van der Waals surface area contributed by atoms with Gasteiger partial charge in [-0.05, 0) is 32.4 Å². The smallest absolute Gasteiger partial charge is 0.272 e. The number of carbonyl (C=O) groups is 1. The van der Waals surface area contributed by atoms with Gasteiger partial charge in [0.25, 0.3) is 5.91 Å². The number of carbonyl (C=O) groups excluding carboxylic acids is 1. The summed E-state index contributed by atoms with van der Waals surface area (Å²) in [6.45, 7) is 4.18. The lowest BCUT2D eigenvalue weighted by atomic mass is 10.2. The minimum absolute atomic E-state index is 0.0679. The maximum Gasteiger partial charge on any atom is 0.272 e. The third kappa shape index (κ3) is 3.12. The zero-order chi connectivity index (χ0) is 14.0. The van der Waals surface area contributed by atoms with Crippen LogP contribution in [0.15, 0.2) is 18.2 Å². The van der Waals surface area contributed by atoms with Gasteiger partial charge < -0.3 is 4.90 Å². The van der Waals surface area contributed by atoms with Crippen LogP contribution < -0.4 is 0 Å². The molecule has 1 fully saturated rings. The summed E-state index contributed by atoms with van der Waals surface area (Å²) in [6.07, 6.45) is 0.522. The van der Waals surface area contributed by atoms with Crippen molar-refractivity contribution in [3.63, 3.8) is 0 Å². The summed E-state index contributed by atoms with van der Waals surface area (Å²) in [4.78, 5) is 18.2. The third-order valence-corrected chi connectivity index (χ3v) is 5.11. The molecule has 5 nitrogen and oxygen atoms in total. The summed E-state index contributed by atoms with van der Waals surface area (Å²) in [6, 6.07) is 5.06. The Hall–Kier alpha value is -1.43. The van der Waals surface area contributed by atoms with Crippen LogP contribution in [0.4, 0.5) is 0 Å². The van der Waals surface area contributed by atoms with E-state index in [-0.39, 0.29) is 23.5 Å². The first-order chi connectivity index (χ1) is 8.93. The van der Waals surface area contributed by atoms with E-state index in [9.17, 15) is 13.2 Å². The largest absolute Gasteiger partial charge is 0.334 e. The predicted molar refractivity (Wildman–Crippen MR) is 72.7 cm³/mol. The highest BCUT2D eigenvalue weighted by atomic mass is 32.2. The van der Waals surface area contributed by atoms with E-state index in [1.807, 2.05) is 19.9 Å². The number of aromatic nitrogens is 1. The van der Waals surface area contributed by atoms with Crippen molar-refractivity contribution in [2.45, 2.75) is 26.3 Å². The molecule has 1 aromatic rings. The van der Waals surface area contributed by atoms with Gasteiger partial charge in [-0.25, -0.2) is 13.4 Å². The first-order valence-electron chi connectivity index (χ1n) is 6.38. The highest BCUT2D eigenvalue weighted by Crippen LogP contribution is 2.19. The lowest BCUT2D eigenvalue weighted by molar-refractivity contribution is 0.0702. The molecule has 104 valence electrons. The molecule has 19 heavy (non-hydrogen) atoms. The van der Waals surface area contributed by atoms with E-state index in [1.54, 1.807) is 17.0 Å². The lowest BCUT2D eigenvalue weighted by Gasteiger charge is -2.26. The first kappa shape index (κ1) is 14.0. The second-order valence-electron chi connectivity index (χ2n) is 4.81. The molecule has 0 aliphatic carbocycles. The van der Waals surface area contributed by atoms with E-state index >= 15 is 0 Å².